The van der Waals surface area contributed by atoms with Gasteiger partial charge in [0.1, 0.15) is 6.04 Å². The minimum Gasteiger partial charge on any atom is -0.340 e. The van der Waals surface area contributed by atoms with Crippen LogP contribution < -0.4 is 5.32 Å². The van der Waals surface area contributed by atoms with Gasteiger partial charge < -0.3 is 5.32 Å². The highest BCUT2D eigenvalue weighted by atomic mass is 79.9. The highest BCUT2D eigenvalue weighted by Gasteiger charge is 2.33. The highest BCUT2D eigenvalue weighted by molar-refractivity contribution is 9.10. The highest BCUT2D eigenvalue weighted by Crippen LogP contribution is 2.28. The molecule has 2 amide bonds. The van der Waals surface area contributed by atoms with Gasteiger partial charge in [0.15, 0.2) is 10.8 Å². The van der Waals surface area contributed by atoms with E-state index in [1.54, 1.807) is 36.4 Å². The zero-order chi connectivity index (χ0) is 28.5. The Morgan fingerprint density at radius 1 is 1.07 bits per heavy atom. The fraction of sp³-hybridized carbons (Fsp3) is 0.483. The van der Waals surface area contributed by atoms with Crippen LogP contribution in [0.1, 0.15) is 68.1 Å². The molecule has 0 spiro atoms. The Bertz CT molecular complexity index is 1310. The molecule has 4 rings (SSSR count). The van der Waals surface area contributed by atoms with E-state index < -0.39 is 27.9 Å². The third kappa shape index (κ3) is 8.14. The van der Waals surface area contributed by atoms with Gasteiger partial charge in [-0.15, -0.1) is 0 Å². The lowest BCUT2D eigenvalue weighted by molar-refractivity contribution is -0.122. The topological polar surface area (TPSA) is 126 Å². The predicted octanol–water partition coefficient (Wildman–Crippen LogP) is 4.57. The van der Waals surface area contributed by atoms with Crippen LogP contribution in [0.25, 0.3) is 0 Å². The van der Waals surface area contributed by atoms with Gasteiger partial charge in [0.2, 0.25) is 0 Å². The molecule has 1 unspecified atom stereocenters. The molecule has 0 bridgehead atoms. The SMILES string of the molecule is O=C(N[C@@H](CC1CCCCC1)C(=O)N=CCC1CCCN(S(=O)(=O)c2ccccn2)CC1=O)c1ccc(Br)cc1. The number of hydrogen-bond donors (Lipinski definition) is 1. The van der Waals surface area contributed by atoms with E-state index in [-0.39, 0.29) is 36.2 Å². The van der Waals surface area contributed by atoms with Crippen LogP contribution in [0.2, 0.25) is 0 Å². The molecule has 2 heterocycles. The van der Waals surface area contributed by atoms with Gasteiger partial charge in [-0.05, 0) is 68.0 Å². The molecule has 1 N–H and O–H groups in total. The van der Waals surface area contributed by atoms with Crippen molar-refractivity contribution >= 4 is 49.8 Å². The Balaban J connectivity index is 1.38. The van der Waals surface area contributed by atoms with Crippen LogP contribution in [0.15, 0.2) is 63.2 Å². The monoisotopic (exact) mass is 630 g/mol. The summed E-state index contributed by atoms with van der Waals surface area (Å²) < 4.78 is 27.9. The summed E-state index contributed by atoms with van der Waals surface area (Å²) >= 11 is 3.36. The molecule has 214 valence electrons. The molecule has 1 aromatic carbocycles. The Labute approximate surface area is 244 Å². The number of aliphatic imine (C=N–C) groups is 1. The zero-order valence-electron chi connectivity index (χ0n) is 22.4. The minimum absolute atomic E-state index is 0.0809. The summed E-state index contributed by atoms with van der Waals surface area (Å²) in [7, 11) is -3.87. The third-order valence-electron chi connectivity index (χ3n) is 7.60. The number of nitrogens with one attached hydrogen (secondary N) is 1. The maximum atomic E-state index is 13.2. The number of aromatic nitrogens is 1. The molecule has 2 aliphatic rings. The molecule has 0 radical (unpaired) electrons. The van der Waals surface area contributed by atoms with Gasteiger partial charge in [-0.1, -0.05) is 54.1 Å². The number of carbonyl (C=O) groups is 3. The Kier molecular flexibility index (Phi) is 10.7. The van der Waals surface area contributed by atoms with E-state index in [4.69, 9.17) is 0 Å². The Morgan fingerprint density at radius 2 is 1.82 bits per heavy atom. The summed E-state index contributed by atoms with van der Waals surface area (Å²) in [5.41, 5.74) is 0.461. The number of nitrogens with zero attached hydrogens (tertiary/aromatic N) is 3. The number of halogens is 1. The lowest BCUT2D eigenvalue weighted by atomic mass is 9.84. The van der Waals surface area contributed by atoms with Crippen molar-refractivity contribution in [3.05, 3.63) is 58.7 Å². The van der Waals surface area contributed by atoms with Gasteiger partial charge in [-0.25, -0.2) is 18.4 Å². The second-order valence-corrected chi connectivity index (χ2v) is 13.3. The Hall–Kier alpha value is -2.76. The first-order valence-electron chi connectivity index (χ1n) is 13.8. The predicted molar refractivity (Wildman–Crippen MR) is 155 cm³/mol. The first-order chi connectivity index (χ1) is 19.2. The van der Waals surface area contributed by atoms with Gasteiger partial charge in [0, 0.05) is 34.9 Å². The maximum Gasteiger partial charge on any atom is 0.267 e. The molecule has 9 nitrogen and oxygen atoms in total. The number of pyridine rings is 1. The van der Waals surface area contributed by atoms with Crippen LogP contribution in [0.5, 0.6) is 0 Å². The second kappa shape index (κ2) is 14.2. The number of rotatable bonds is 9. The molecular formula is C29H35BrN4O5S. The average Bonchev–Trinajstić information content (AvgIpc) is 3.15. The fourth-order valence-electron chi connectivity index (χ4n) is 5.32. The van der Waals surface area contributed by atoms with Gasteiger partial charge in [-0.2, -0.15) is 4.31 Å². The van der Waals surface area contributed by atoms with Crippen molar-refractivity contribution in [3.8, 4) is 0 Å². The molecular weight excluding hydrogens is 596 g/mol. The average molecular weight is 632 g/mol. The standard InChI is InChI=1S/C29H35BrN4O5S/c30-24-13-11-23(12-14-24)28(36)33-25(19-21-7-2-1-3-8-21)29(37)32-17-15-22-9-6-18-34(20-26(22)35)40(38,39)27-10-4-5-16-31-27/h4-5,10-14,16-17,21-22,25H,1-3,6-9,15,18-20H2,(H,33,36)/t22?,25-/m0/s1. The van der Waals surface area contributed by atoms with Crippen LogP contribution in [0.4, 0.5) is 0 Å². The summed E-state index contributed by atoms with van der Waals surface area (Å²) in [6.07, 6.45) is 10.1. The summed E-state index contributed by atoms with van der Waals surface area (Å²) in [4.78, 5) is 47.1. The fourth-order valence-corrected chi connectivity index (χ4v) is 6.96. The van der Waals surface area contributed by atoms with Gasteiger partial charge in [-0.3, -0.25) is 14.4 Å². The Morgan fingerprint density at radius 3 is 2.52 bits per heavy atom. The van der Waals surface area contributed by atoms with Crippen LogP contribution in [0, 0.1) is 11.8 Å². The van der Waals surface area contributed by atoms with Crippen molar-refractivity contribution in [2.24, 2.45) is 16.8 Å². The van der Waals surface area contributed by atoms with E-state index in [0.717, 1.165) is 30.2 Å². The van der Waals surface area contributed by atoms with E-state index in [2.05, 4.69) is 31.2 Å². The smallest absolute Gasteiger partial charge is 0.267 e. The van der Waals surface area contributed by atoms with Crippen LogP contribution in [-0.2, 0) is 19.6 Å². The molecule has 1 aromatic heterocycles. The summed E-state index contributed by atoms with van der Waals surface area (Å²) in [6.45, 7) is -0.0122. The number of Topliss-reactive ketones (excluding diaryl/α,β-unsaturated/α-hetero) is 1. The van der Waals surface area contributed by atoms with Crippen molar-refractivity contribution in [1.29, 1.82) is 0 Å². The molecule has 2 fully saturated rings. The minimum atomic E-state index is -3.87. The van der Waals surface area contributed by atoms with E-state index in [1.807, 2.05) is 0 Å². The second-order valence-electron chi connectivity index (χ2n) is 10.5. The van der Waals surface area contributed by atoms with Gasteiger partial charge in [0.25, 0.3) is 21.8 Å². The molecule has 1 aliphatic carbocycles. The quantitative estimate of drug-likeness (QED) is 0.405. The number of carbonyl (C=O) groups excluding carboxylic acids is 3. The molecule has 2 aromatic rings. The van der Waals surface area contributed by atoms with Crippen LogP contribution >= 0.6 is 15.9 Å². The van der Waals surface area contributed by atoms with Crippen molar-refractivity contribution in [3.63, 3.8) is 0 Å². The first-order valence-corrected chi connectivity index (χ1v) is 16.0. The van der Waals surface area contributed by atoms with Crippen molar-refractivity contribution < 1.29 is 22.8 Å². The lowest BCUT2D eigenvalue weighted by Gasteiger charge is -2.25. The van der Waals surface area contributed by atoms with Crippen LogP contribution in [0.3, 0.4) is 0 Å². The summed E-state index contributed by atoms with van der Waals surface area (Å²) in [5, 5.41) is 2.80. The van der Waals surface area contributed by atoms with Crippen molar-refractivity contribution in [2.75, 3.05) is 13.1 Å². The van der Waals surface area contributed by atoms with E-state index in [1.165, 1.54) is 29.2 Å². The number of sulfonamides is 1. The van der Waals surface area contributed by atoms with Crippen molar-refractivity contribution in [2.45, 2.75) is 68.9 Å². The number of benzene rings is 1. The largest absolute Gasteiger partial charge is 0.340 e. The number of amides is 2. The van der Waals surface area contributed by atoms with Gasteiger partial charge in [0.05, 0.1) is 6.54 Å². The normalized spacial score (nSPS) is 20.2. The molecule has 40 heavy (non-hydrogen) atoms. The summed E-state index contributed by atoms with van der Waals surface area (Å²) in [5.74, 6) is -1.06. The van der Waals surface area contributed by atoms with Crippen molar-refractivity contribution in [1.82, 2.24) is 14.6 Å². The molecule has 2 atom stereocenters. The lowest BCUT2D eigenvalue weighted by Crippen LogP contribution is -2.41. The molecule has 1 saturated heterocycles. The van der Waals surface area contributed by atoms with E-state index >= 15 is 0 Å². The third-order valence-corrected chi connectivity index (χ3v) is 9.89. The zero-order valence-corrected chi connectivity index (χ0v) is 24.8. The maximum absolute atomic E-state index is 13.2. The molecule has 11 heteroatoms. The number of hydrogen-bond acceptors (Lipinski definition) is 6. The molecule has 1 aliphatic heterocycles. The first kappa shape index (κ1) is 30.2. The molecule has 1 saturated carbocycles. The van der Waals surface area contributed by atoms with E-state index in [9.17, 15) is 22.8 Å². The van der Waals surface area contributed by atoms with Gasteiger partial charge >= 0.3 is 0 Å². The summed E-state index contributed by atoms with van der Waals surface area (Å²) in [6, 6.07) is 10.8. The van der Waals surface area contributed by atoms with Crippen LogP contribution in [-0.4, -0.2) is 60.7 Å². The van der Waals surface area contributed by atoms with E-state index in [0.29, 0.717) is 30.7 Å². The number of ketones is 1.